The van der Waals surface area contributed by atoms with Gasteiger partial charge in [0.05, 0.1) is 11.1 Å². The summed E-state index contributed by atoms with van der Waals surface area (Å²) in [4.78, 5) is 11.8. The number of fused-ring (bicyclic) bond motifs is 1. The number of aromatic amines is 1. The molecule has 1 aromatic heterocycles. The van der Waals surface area contributed by atoms with Crippen LogP contribution in [0, 0.1) is 0 Å². The topological polar surface area (TPSA) is 71.8 Å². The van der Waals surface area contributed by atoms with Gasteiger partial charge in [0.1, 0.15) is 0 Å². The molecule has 0 saturated heterocycles. The van der Waals surface area contributed by atoms with Crippen LogP contribution in [-0.4, -0.2) is 10.2 Å². The Balaban J connectivity index is 2.13. The lowest BCUT2D eigenvalue weighted by Gasteiger charge is -2.07. The van der Waals surface area contributed by atoms with Crippen molar-refractivity contribution in [2.24, 2.45) is 0 Å². The molecule has 3 rings (SSSR count). The van der Waals surface area contributed by atoms with Gasteiger partial charge in [0.25, 0.3) is 5.56 Å². The third-order valence-electron chi connectivity index (χ3n) is 3.26. The average Bonchev–Trinajstić information content (AvgIpc) is 2.45. The molecule has 0 saturated carbocycles. The van der Waals surface area contributed by atoms with Gasteiger partial charge >= 0.3 is 0 Å². The van der Waals surface area contributed by atoms with Crippen molar-refractivity contribution in [2.45, 2.75) is 6.42 Å². The maximum Gasteiger partial charge on any atom is 0.272 e. The number of nitrogens with one attached hydrogen (secondary N) is 1. The van der Waals surface area contributed by atoms with Crippen LogP contribution in [0.5, 0.6) is 0 Å². The first-order valence-electron chi connectivity index (χ1n) is 6.25. The van der Waals surface area contributed by atoms with Crippen LogP contribution in [0.2, 0.25) is 10.0 Å². The molecule has 0 atom stereocenters. The minimum atomic E-state index is -0.261. The molecule has 0 aliphatic carbocycles. The minimum Gasteiger partial charge on any atom is -0.399 e. The Hall–Kier alpha value is -2.04. The van der Waals surface area contributed by atoms with E-state index >= 15 is 0 Å². The van der Waals surface area contributed by atoms with E-state index < -0.39 is 0 Å². The van der Waals surface area contributed by atoms with E-state index in [0.29, 0.717) is 27.5 Å². The zero-order chi connectivity index (χ0) is 15.0. The molecule has 4 nitrogen and oxygen atoms in total. The Bertz CT molecular complexity index is 890. The lowest BCUT2D eigenvalue weighted by molar-refractivity contribution is 0.934. The second-order valence-corrected chi connectivity index (χ2v) is 5.56. The molecule has 106 valence electrons. The average molecular weight is 320 g/mol. The highest BCUT2D eigenvalue weighted by Crippen LogP contribution is 2.25. The van der Waals surface area contributed by atoms with E-state index in [0.717, 1.165) is 16.6 Å². The van der Waals surface area contributed by atoms with Crippen LogP contribution in [0.3, 0.4) is 0 Å². The van der Waals surface area contributed by atoms with E-state index in [1.807, 2.05) is 6.07 Å². The lowest BCUT2D eigenvalue weighted by atomic mass is 10.0. The van der Waals surface area contributed by atoms with E-state index in [2.05, 4.69) is 10.2 Å². The fourth-order valence-electron chi connectivity index (χ4n) is 2.22. The molecule has 2 aromatic carbocycles. The van der Waals surface area contributed by atoms with Gasteiger partial charge in [-0.25, -0.2) is 5.10 Å². The van der Waals surface area contributed by atoms with Crippen LogP contribution < -0.4 is 11.3 Å². The van der Waals surface area contributed by atoms with Crippen molar-refractivity contribution in [3.63, 3.8) is 0 Å². The van der Waals surface area contributed by atoms with Gasteiger partial charge in [0, 0.05) is 27.5 Å². The van der Waals surface area contributed by atoms with Crippen molar-refractivity contribution in [1.29, 1.82) is 0 Å². The predicted octanol–water partition coefficient (Wildman–Crippen LogP) is 3.40. The van der Waals surface area contributed by atoms with Gasteiger partial charge < -0.3 is 5.73 Å². The first-order valence-corrected chi connectivity index (χ1v) is 7.01. The fourth-order valence-corrected chi connectivity index (χ4v) is 2.70. The van der Waals surface area contributed by atoms with Crippen molar-refractivity contribution < 1.29 is 0 Å². The van der Waals surface area contributed by atoms with Gasteiger partial charge in [-0.1, -0.05) is 35.3 Å². The van der Waals surface area contributed by atoms with Crippen LogP contribution in [0.4, 0.5) is 5.69 Å². The van der Waals surface area contributed by atoms with E-state index in [-0.39, 0.29) is 5.56 Å². The van der Waals surface area contributed by atoms with Gasteiger partial charge in [-0.3, -0.25) is 4.79 Å². The number of hydrogen-bond donors (Lipinski definition) is 2. The molecule has 0 fully saturated rings. The number of benzene rings is 2. The number of rotatable bonds is 2. The van der Waals surface area contributed by atoms with Crippen LogP contribution in [0.25, 0.3) is 10.8 Å². The number of H-pyrrole nitrogens is 1. The number of nitrogens with two attached hydrogens (primary N) is 1. The maximum absolute atomic E-state index is 11.8. The number of hydrogen-bond acceptors (Lipinski definition) is 3. The molecule has 0 bridgehead atoms. The van der Waals surface area contributed by atoms with Crippen molar-refractivity contribution >= 4 is 39.7 Å². The van der Waals surface area contributed by atoms with E-state index in [1.54, 1.807) is 30.3 Å². The summed E-state index contributed by atoms with van der Waals surface area (Å²) in [6.07, 6.45) is 0.493. The van der Waals surface area contributed by atoms with E-state index in [4.69, 9.17) is 28.9 Å². The van der Waals surface area contributed by atoms with Gasteiger partial charge in [0.2, 0.25) is 0 Å². The summed E-state index contributed by atoms with van der Waals surface area (Å²) in [6.45, 7) is 0. The first kappa shape index (κ1) is 13.9. The second-order valence-electron chi connectivity index (χ2n) is 4.72. The van der Waals surface area contributed by atoms with E-state index in [1.165, 1.54) is 0 Å². The molecule has 0 aliphatic rings. The minimum absolute atomic E-state index is 0.261. The molecule has 1 heterocycles. The maximum atomic E-state index is 11.8. The highest BCUT2D eigenvalue weighted by Gasteiger charge is 2.10. The van der Waals surface area contributed by atoms with Crippen LogP contribution in [0.15, 0.2) is 41.2 Å². The van der Waals surface area contributed by atoms with Gasteiger partial charge in [-0.15, -0.1) is 0 Å². The first-order chi connectivity index (χ1) is 10.0. The second kappa shape index (κ2) is 5.39. The molecule has 3 aromatic rings. The molecule has 0 amide bonds. The number of aromatic nitrogens is 2. The SMILES string of the molecule is Nc1ccc2c(Cc3ccc(Cl)cc3Cl)n[nH]c(=O)c2c1. The predicted molar refractivity (Wildman–Crippen MR) is 86.0 cm³/mol. The summed E-state index contributed by atoms with van der Waals surface area (Å²) < 4.78 is 0. The van der Waals surface area contributed by atoms with Crippen LogP contribution >= 0.6 is 23.2 Å². The van der Waals surface area contributed by atoms with Crippen molar-refractivity contribution in [3.05, 3.63) is 68.1 Å². The summed E-state index contributed by atoms with van der Waals surface area (Å²) in [7, 11) is 0. The summed E-state index contributed by atoms with van der Waals surface area (Å²) in [5.41, 5.74) is 7.62. The molecule has 0 aliphatic heterocycles. The van der Waals surface area contributed by atoms with Crippen LogP contribution in [-0.2, 0) is 6.42 Å². The van der Waals surface area contributed by atoms with Gasteiger partial charge in [0.15, 0.2) is 0 Å². The smallest absolute Gasteiger partial charge is 0.272 e. The summed E-state index contributed by atoms with van der Waals surface area (Å²) >= 11 is 12.1. The zero-order valence-electron chi connectivity index (χ0n) is 10.9. The Morgan fingerprint density at radius 1 is 1.10 bits per heavy atom. The van der Waals surface area contributed by atoms with Gasteiger partial charge in [-0.05, 0) is 29.8 Å². The molecular weight excluding hydrogens is 309 g/mol. The largest absolute Gasteiger partial charge is 0.399 e. The van der Waals surface area contributed by atoms with Crippen molar-refractivity contribution in [2.75, 3.05) is 5.73 Å². The highest BCUT2D eigenvalue weighted by molar-refractivity contribution is 6.35. The molecule has 21 heavy (non-hydrogen) atoms. The number of nitrogens with zero attached hydrogens (tertiary/aromatic N) is 1. The zero-order valence-corrected chi connectivity index (χ0v) is 12.4. The number of anilines is 1. The van der Waals surface area contributed by atoms with Crippen molar-refractivity contribution in [3.8, 4) is 0 Å². The molecule has 0 unspecified atom stereocenters. The third-order valence-corrected chi connectivity index (χ3v) is 3.85. The lowest BCUT2D eigenvalue weighted by Crippen LogP contribution is -2.11. The van der Waals surface area contributed by atoms with Crippen LogP contribution in [0.1, 0.15) is 11.3 Å². The molecule has 0 spiro atoms. The summed E-state index contributed by atoms with van der Waals surface area (Å²) in [5.74, 6) is 0. The molecule has 3 N–H and O–H groups in total. The number of halogens is 2. The summed E-state index contributed by atoms with van der Waals surface area (Å²) in [5, 5.41) is 9.05. The number of nitrogen functional groups attached to an aromatic ring is 1. The monoisotopic (exact) mass is 319 g/mol. The molecular formula is C15H11Cl2N3O. The Morgan fingerprint density at radius 3 is 2.67 bits per heavy atom. The molecule has 0 radical (unpaired) electrons. The quantitative estimate of drug-likeness (QED) is 0.711. The Kier molecular flexibility index (Phi) is 3.57. The highest BCUT2D eigenvalue weighted by atomic mass is 35.5. The fraction of sp³-hybridized carbons (Fsp3) is 0.0667. The van der Waals surface area contributed by atoms with Crippen molar-refractivity contribution in [1.82, 2.24) is 10.2 Å². The van der Waals surface area contributed by atoms with E-state index in [9.17, 15) is 4.79 Å². The Morgan fingerprint density at radius 2 is 1.90 bits per heavy atom. The Labute approximate surface area is 130 Å². The standard InChI is InChI=1S/C15H11Cl2N3O/c16-9-2-1-8(13(17)6-9)5-14-11-4-3-10(18)7-12(11)15(21)20-19-14/h1-4,6-7H,5,18H2,(H,20,21). The van der Waals surface area contributed by atoms with Gasteiger partial charge in [-0.2, -0.15) is 5.10 Å². The normalized spacial score (nSPS) is 11.0. The third kappa shape index (κ3) is 2.73. The summed E-state index contributed by atoms with van der Waals surface area (Å²) in [6, 6.07) is 10.5. The molecule has 6 heteroatoms.